The lowest BCUT2D eigenvalue weighted by Crippen LogP contribution is -2.35. The van der Waals surface area contributed by atoms with Gasteiger partial charge >= 0.3 is 5.69 Å². The van der Waals surface area contributed by atoms with Crippen LogP contribution in [0.1, 0.15) is 30.6 Å². The number of nitrogens with one attached hydrogen (secondary N) is 1. The number of hydrogen-bond acceptors (Lipinski definition) is 4. The molecule has 0 fully saturated rings. The number of carbonyl (C=O) groups is 1. The standard InChI is InChI=1S/C12H14F2N2O4/c1-6(3-7(2)17)15-12(18)8-4-10(14)11(16(19)20)5-9(8)13/h4-7,17H,3H2,1-2H3,(H,15,18). The molecule has 0 aliphatic heterocycles. The molecule has 0 heterocycles. The summed E-state index contributed by atoms with van der Waals surface area (Å²) in [5, 5.41) is 21.9. The number of aliphatic hydroxyl groups is 1. The molecule has 1 aromatic carbocycles. The van der Waals surface area contributed by atoms with Gasteiger partial charge in [-0.05, 0) is 26.3 Å². The molecule has 1 rings (SSSR count). The zero-order chi connectivity index (χ0) is 15.4. The maximum Gasteiger partial charge on any atom is 0.307 e. The average molecular weight is 288 g/mol. The van der Waals surface area contributed by atoms with Gasteiger partial charge in [-0.1, -0.05) is 0 Å². The Labute approximate surface area is 113 Å². The molecule has 0 aliphatic rings. The Morgan fingerprint density at radius 2 is 2.00 bits per heavy atom. The van der Waals surface area contributed by atoms with Gasteiger partial charge in [-0.2, -0.15) is 4.39 Å². The number of benzene rings is 1. The molecular formula is C12H14F2N2O4. The zero-order valence-corrected chi connectivity index (χ0v) is 10.9. The number of nitro groups is 1. The van der Waals surface area contributed by atoms with Crippen molar-refractivity contribution in [2.75, 3.05) is 0 Å². The Kier molecular flexibility index (Phi) is 5.09. The van der Waals surface area contributed by atoms with Crippen LogP contribution < -0.4 is 5.32 Å². The number of amides is 1. The first-order valence-corrected chi connectivity index (χ1v) is 5.84. The smallest absolute Gasteiger partial charge is 0.307 e. The van der Waals surface area contributed by atoms with Gasteiger partial charge in [0.15, 0.2) is 0 Å². The molecule has 0 aliphatic carbocycles. The Morgan fingerprint density at radius 3 is 2.50 bits per heavy atom. The van der Waals surface area contributed by atoms with Crippen LogP contribution in [0, 0.1) is 21.7 Å². The minimum Gasteiger partial charge on any atom is -0.393 e. The number of rotatable bonds is 5. The quantitative estimate of drug-likeness (QED) is 0.638. The first kappa shape index (κ1) is 16.0. The highest BCUT2D eigenvalue weighted by molar-refractivity contribution is 5.94. The predicted octanol–water partition coefficient (Wildman–Crippen LogP) is 1.76. The first-order valence-electron chi connectivity index (χ1n) is 5.84. The molecule has 0 spiro atoms. The molecule has 1 amide bonds. The second-order valence-electron chi connectivity index (χ2n) is 4.50. The van der Waals surface area contributed by atoms with Crippen molar-refractivity contribution >= 4 is 11.6 Å². The highest BCUT2D eigenvalue weighted by Gasteiger charge is 2.22. The molecule has 0 saturated carbocycles. The summed E-state index contributed by atoms with van der Waals surface area (Å²) in [5.41, 5.74) is -1.65. The fourth-order valence-corrected chi connectivity index (χ4v) is 1.72. The average Bonchev–Trinajstić information content (AvgIpc) is 2.29. The summed E-state index contributed by atoms with van der Waals surface area (Å²) in [6.07, 6.45) is -0.424. The molecule has 0 saturated heterocycles. The number of carbonyl (C=O) groups excluding carboxylic acids is 1. The van der Waals surface area contributed by atoms with E-state index in [9.17, 15) is 23.7 Å². The summed E-state index contributed by atoms with van der Waals surface area (Å²) >= 11 is 0. The van der Waals surface area contributed by atoms with E-state index in [-0.39, 0.29) is 6.42 Å². The van der Waals surface area contributed by atoms with Gasteiger partial charge in [-0.25, -0.2) is 4.39 Å². The Balaban J connectivity index is 2.94. The molecular weight excluding hydrogens is 274 g/mol. The molecule has 8 heteroatoms. The van der Waals surface area contributed by atoms with Crippen LogP contribution in [0.5, 0.6) is 0 Å². The van der Waals surface area contributed by atoms with E-state index >= 15 is 0 Å². The van der Waals surface area contributed by atoms with E-state index < -0.39 is 45.9 Å². The monoisotopic (exact) mass is 288 g/mol. The van der Waals surface area contributed by atoms with Gasteiger partial charge in [0, 0.05) is 6.04 Å². The van der Waals surface area contributed by atoms with Crippen LogP contribution in [0.25, 0.3) is 0 Å². The van der Waals surface area contributed by atoms with Gasteiger partial charge in [0.1, 0.15) is 5.82 Å². The van der Waals surface area contributed by atoms with Crippen molar-refractivity contribution in [1.82, 2.24) is 5.32 Å². The summed E-state index contributed by atoms with van der Waals surface area (Å²) in [5.74, 6) is -3.37. The van der Waals surface area contributed by atoms with Crippen LogP contribution in [0.15, 0.2) is 12.1 Å². The minimum absolute atomic E-state index is 0.239. The summed E-state index contributed by atoms with van der Waals surface area (Å²) in [6.45, 7) is 3.11. The third-order valence-electron chi connectivity index (χ3n) is 2.55. The highest BCUT2D eigenvalue weighted by atomic mass is 19.1. The van der Waals surface area contributed by atoms with Crippen molar-refractivity contribution < 1.29 is 23.6 Å². The van der Waals surface area contributed by atoms with E-state index in [0.29, 0.717) is 12.1 Å². The lowest BCUT2D eigenvalue weighted by Gasteiger charge is -2.15. The fraction of sp³-hybridized carbons (Fsp3) is 0.417. The van der Waals surface area contributed by atoms with Crippen molar-refractivity contribution in [2.24, 2.45) is 0 Å². The van der Waals surface area contributed by atoms with Crippen molar-refractivity contribution in [1.29, 1.82) is 0 Å². The molecule has 2 atom stereocenters. The SMILES string of the molecule is CC(O)CC(C)NC(=O)c1cc(F)c([N+](=O)[O-])cc1F. The maximum absolute atomic E-state index is 13.6. The number of halogens is 2. The molecule has 0 aromatic heterocycles. The number of nitro benzene ring substituents is 1. The first-order chi connectivity index (χ1) is 9.22. The zero-order valence-electron chi connectivity index (χ0n) is 10.9. The van der Waals surface area contributed by atoms with Gasteiger partial charge in [0.05, 0.1) is 22.7 Å². The van der Waals surface area contributed by atoms with E-state index in [0.717, 1.165) is 0 Å². The van der Waals surface area contributed by atoms with Gasteiger partial charge in [0.2, 0.25) is 5.82 Å². The Morgan fingerprint density at radius 1 is 1.40 bits per heavy atom. The molecule has 2 unspecified atom stereocenters. The van der Waals surface area contributed by atoms with Gasteiger partial charge in [-0.3, -0.25) is 14.9 Å². The van der Waals surface area contributed by atoms with Crippen LogP contribution in [-0.2, 0) is 0 Å². The van der Waals surface area contributed by atoms with E-state index in [1.54, 1.807) is 6.92 Å². The van der Waals surface area contributed by atoms with Crippen molar-refractivity contribution in [3.8, 4) is 0 Å². The molecule has 0 radical (unpaired) electrons. The van der Waals surface area contributed by atoms with Crippen molar-refractivity contribution in [3.63, 3.8) is 0 Å². The maximum atomic E-state index is 13.6. The Bertz CT molecular complexity index is 534. The third kappa shape index (κ3) is 3.95. The lowest BCUT2D eigenvalue weighted by molar-refractivity contribution is -0.387. The van der Waals surface area contributed by atoms with E-state index in [1.807, 2.05) is 0 Å². The molecule has 20 heavy (non-hydrogen) atoms. The molecule has 0 bridgehead atoms. The second-order valence-corrected chi connectivity index (χ2v) is 4.50. The van der Waals surface area contributed by atoms with Crippen LogP contribution >= 0.6 is 0 Å². The highest BCUT2D eigenvalue weighted by Crippen LogP contribution is 2.21. The molecule has 6 nitrogen and oxygen atoms in total. The third-order valence-corrected chi connectivity index (χ3v) is 2.55. The topological polar surface area (TPSA) is 92.5 Å². The number of nitrogens with zero attached hydrogens (tertiary/aromatic N) is 1. The summed E-state index contributed by atoms with van der Waals surface area (Å²) < 4.78 is 26.9. The Hall–Kier alpha value is -2.09. The normalized spacial score (nSPS) is 13.7. The summed E-state index contributed by atoms with van der Waals surface area (Å²) in [7, 11) is 0. The van der Waals surface area contributed by atoms with Crippen LogP contribution in [0.2, 0.25) is 0 Å². The van der Waals surface area contributed by atoms with Crippen LogP contribution in [0.3, 0.4) is 0 Å². The summed E-state index contributed by atoms with van der Waals surface area (Å²) in [6, 6.07) is 0.390. The van der Waals surface area contributed by atoms with Crippen molar-refractivity contribution in [3.05, 3.63) is 39.4 Å². The molecule has 110 valence electrons. The van der Waals surface area contributed by atoms with Crippen LogP contribution in [0.4, 0.5) is 14.5 Å². The largest absolute Gasteiger partial charge is 0.393 e. The van der Waals surface area contributed by atoms with Gasteiger partial charge < -0.3 is 10.4 Å². The predicted molar refractivity (Wildman–Crippen MR) is 66.2 cm³/mol. The second kappa shape index (κ2) is 6.38. The minimum atomic E-state index is -1.29. The number of hydrogen-bond donors (Lipinski definition) is 2. The summed E-state index contributed by atoms with van der Waals surface area (Å²) in [4.78, 5) is 21.1. The number of aliphatic hydroxyl groups excluding tert-OH is 1. The molecule has 1 aromatic rings. The van der Waals surface area contributed by atoms with Crippen LogP contribution in [-0.4, -0.2) is 28.1 Å². The van der Waals surface area contributed by atoms with Gasteiger partial charge in [0.25, 0.3) is 5.91 Å². The van der Waals surface area contributed by atoms with Crippen molar-refractivity contribution in [2.45, 2.75) is 32.4 Å². The van der Waals surface area contributed by atoms with E-state index in [2.05, 4.69) is 5.32 Å². The molecule has 2 N–H and O–H groups in total. The fourth-order valence-electron chi connectivity index (χ4n) is 1.72. The van der Waals surface area contributed by atoms with E-state index in [4.69, 9.17) is 5.11 Å². The van der Waals surface area contributed by atoms with Gasteiger partial charge in [-0.15, -0.1) is 0 Å². The lowest BCUT2D eigenvalue weighted by atomic mass is 10.1. The van der Waals surface area contributed by atoms with E-state index in [1.165, 1.54) is 6.92 Å².